The zero-order valence-electron chi connectivity index (χ0n) is 13.4. The summed E-state index contributed by atoms with van der Waals surface area (Å²) < 4.78 is 0. The summed E-state index contributed by atoms with van der Waals surface area (Å²) in [6.07, 6.45) is 2.81. The highest BCUT2D eigenvalue weighted by atomic mass is 35.5. The predicted octanol–water partition coefficient (Wildman–Crippen LogP) is 2.59. The van der Waals surface area contributed by atoms with Gasteiger partial charge in [0.2, 0.25) is 5.91 Å². The van der Waals surface area contributed by atoms with Crippen molar-refractivity contribution in [2.45, 2.75) is 12.8 Å². The van der Waals surface area contributed by atoms with Crippen molar-refractivity contribution in [2.24, 2.45) is 0 Å². The normalized spacial score (nSPS) is 15.2. The molecule has 5 nitrogen and oxygen atoms in total. The second kappa shape index (κ2) is 7.53. The van der Waals surface area contributed by atoms with E-state index in [0.717, 1.165) is 12.0 Å². The van der Waals surface area contributed by atoms with Crippen molar-refractivity contribution in [2.75, 3.05) is 26.2 Å². The third-order valence-corrected chi connectivity index (χ3v) is 4.63. The second-order valence-corrected chi connectivity index (χ2v) is 6.29. The monoisotopic (exact) mass is 345 g/mol. The van der Waals surface area contributed by atoms with E-state index in [-0.39, 0.29) is 11.8 Å². The van der Waals surface area contributed by atoms with E-state index in [9.17, 15) is 9.59 Å². The zero-order chi connectivity index (χ0) is 16.9. The summed E-state index contributed by atoms with van der Waals surface area (Å²) in [7, 11) is 0. The number of hydrogen-bond acceptors (Lipinski definition) is 2. The van der Waals surface area contributed by atoms with Gasteiger partial charge >= 0.3 is 0 Å². The zero-order valence-corrected chi connectivity index (χ0v) is 14.1. The van der Waals surface area contributed by atoms with E-state index in [2.05, 4.69) is 4.98 Å². The van der Waals surface area contributed by atoms with Crippen molar-refractivity contribution in [3.05, 3.63) is 58.9 Å². The first-order chi connectivity index (χ1) is 11.6. The molecule has 3 rings (SSSR count). The van der Waals surface area contributed by atoms with Crippen LogP contribution in [0.3, 0.4) is 0 Å². The predicted molar refractivity (Wildman–Crippen MR) is 93.0 cm³/mol. The van der Waals surface area contributed by atoms with Gasteiger partial charge in [0.25, 0.3) is 5.91 Å². The molecule has 126 valence electrons. The van der Waals surface area contributed by atoms with Gasteiger partial charge in [-0.05, 0) is 30.2 Å². The van der Waals surface area contributed by atoms with Crippen LogP contribution in [-0.4, -0.2) is 52.8 Å². The molecule has 1 saturated heterocycles. The molecule has 0 unspecified atom stereocenters. The fraction of sp³-hybridized carbons (Fsp3) is 0.333. The van der Waals surface area contributed by atoms with Crippen molar-refractivity contribution in [1.29, 1.82) is 0 Å². The summed E-state index contributed by atoms with van der Waals surface area (Å²) in [5, 5.41) is 0.615. The highest BCUT2D eigenvalue weighted by Crippen LogP contribution is 2.17. The number of rotatable bonds is 3. The number of aromatic nitrogens is 1. The summed E-state index contributed by atoms with van der Waals surface area (Å²) in [5.74, 6) is 0.0395. The number of benzene rings is 1. The Balaban J connectivity index is 1.60. The van der Waals surface area contributed by atoms with Gasteiger partial charge in [-0.1, -0.05) is 29.8 Å². The molecule has 6 heteroatoms. The minimum absolute atomic E-state index is 0.0135. The topological polar surface area (TPSA) is 56.4 Å². The van der Waals surface area contributed by atoms with Crippen LogP contribution in [0.25, 0.3) is 0 Å². The minimum Gasteiger partial charge on any atom is -0.357 e. The first kappa shape index (κ1) is 16.6. The Morgan fingerprint density at radius 1 is 1.00 bits per heavy atom. The van der Waals surface area contributed by atoms with Crippen LogP contribution in [0.5, 0.6) is 0 Å². The fourth-order valence-corrected chi connectivity index (χ4v) is 3.12. The number of nitrogens with one attached hydrogen (secondary N) is 1. The molecule has 1 N–H and O–H groups in total. The Morgan fingerprint density at radius 3 is 2.50 bits per heavy atom. The number of nitrogens with zero attached hydrogens (tertiary/aromatic N) is 2. The quantitative estimate of drug-likeness (QED) is 0.929. The summed E-state index contributed by atoms with van der Waals surface area (Å²) >= 11 is 6.13. The van der Waals surface area contributed by atoms with Crippen molar-refractivity contribution in [3.63, 3.8) is 0 Å². The van der Waals surface area contributed by atoms with Gasteiger partial charge in [-0.3, -0.25) is 9.59 Å². The van der Waals surface area contributed by atoms with Gasteiger partial charge < -0.3 is 14.8 Å². The molecule has 0 radical (unpaired) electrons. The van der Waals surface area contributed by atoms with Crippen LogP contribution in [0.15, 0.2) is 42.6 Å². The molecule has 0 spiro atoms. The van der Waals surface area contributed by atoms with E-state index in [1.807, 2.05) is 29.2 Å². The third-order valence-electron chi connectivity index (χ3n) is 4.26. The van der Waals surface area contributed by atoms with Crippen LogP contribution in [0.4, 0.5) is 0 Å². The van der Waals surface area contributed by atoms with Crippen LogP contribution in [-0.2, 0) is 11.2 Å². The molecule has 2 heterocycles. The molecule has 2 amide bonds. The van der Waals surface area contributed by atoms with Crippen LogP contribution in [0.1, 0.15) is 22.5 Å². The van der Waals surface area contributed by atoms with Gasteiger partial charge in [0.05, 0.1) is 6.42 Å². The van der Waals surface area contributed by atoms with Gasteiger partial charge in [-0.2, -0.15) is 0 Å². The number of carbonyl (C=O) groups excluding carboxylic acids is 2. The van der Waals surface area contributed by atoms with E-state index >= 15 is 0 Å². The highest BCUT2D eigenvalue weighted by molar-refractivity contribution is 6.31. The van der Waals surface area contributed by atoms with Gasteiger partial charge in [0, 0.05) is 37.4 Å². The fourth-order valence-electron chi connectivity index (χ4n) is 2.92. The molecule has 1 fully saturated rings. The number of carbonyl (C=O) groups is 2. The number of aromatic amines is 1. The maximum absolute atomic E-state index is 12.5. The molecule has 1 aromatic carbocycles. The lowest BCUT2D eigenvalue weighted by atomic mass is 10.1. The van der Waals surface area contributed by atoms with E-state index < -0.39 is 0 Å². The second-order valence-electron chi connectivity index (χ2n) is 5.88. The minimum atomic E-state index is -0.0135. The van der Waals surface area contributed by atoms with Crippen LogP contribution in [0, 0.1) is 0 Å². The molecule has 0 atom stereocenters. The van der Waals surface area contributed by atoms with Gasteiger partial charge in [-0.15, -0.1) is 0 Å². The SMILES string of the molecule is O=C(Cc1ccccc1Cl)N1CCCN(C(=O)c2ccc[nH]2)CC1. The first-order valence-electron chi connectivity index (χ1n) is 8.09. The molecular formula is C18H20ClN3O2. The average Bonchev–Trinajstić information content (AvgIpc) is 3.00. The van der Waals surface area contributed by atoms with Gasteiger partial charge in [0.1, 0.15) is 5.69 Å². The molecule has 1 aliphatic heterocycles. The van der Waals surface area contributed by atoms with Gasteiger partial charge in [0.15, 0.2) is 0 Å². The molecule has 24 heavy (non-hydrogen) atoms. The number of halogens is 1. The molecule has 0 aliphatic carbocycles. The Kier molecular flexibility index (Phi) is 5.20. The summed E-state index contributed by atoms with van der Waals surface area (Å²) in [4.78, 5) is 31.5. The van der Waals surface area contributed by atoms with Crippen LogP contribution < -0.4 is 0 Å². The van der Waals surface area contributed by atoms with Crippen molar-refractivity contribution in [3.8, 4) is 0 Å². The third kappa shape index (κ3) is 3.79. The van der Waals surface area contributed by atoms with E-state index in [1.54, 1.807) is 23.2 Å². The maximum Gasteiger partial charge on any atom is 0.270 e. The van der Waals surface area contributed by atoms with E-state index in [1.165, 1.54) is 0 Å². The lowest BCUT2D eigenvalue weighted by Crippen LogP contribution is -2.38. The number of H-pyrrole nitrogens is 1. The largest absolute Gasteiger partial charge is 0.357 e. The Morgan fingerprint density at radius 2 is 1.75 bits per heavy atom. The molecule has 1 aromatic heterocycles. The van der Waals surface area contributed by atoms with Crippen LogP contribution in [0.2, 0.25) is 5.02 Å². The Hall–Kier alpha value is -2.27. The highest BCUT2D eigenvalue weighted by Gasteiger charge is 2.23. The van der Waals surface area contributed by atoms with Crippen molar-refractivity contribution < 1.29 is 9.59 Å². The van der Waals surface area contributed by atoms with Crippen LogP contribution >= 0.6 is 11.6 Å². The lowest BCUT2D eigenvalue weighted by Gasteiger charge is -2.22. The summed E-state index contributed by atoms with van der Waals surface area (Å²) in [6, 6.07) is 11.0. The standard InChI is InChI=1S/C18H20ClN3O2/c19-15-6-2-1-5-14(15)13-17(23)21-9-4-10-22(12-11-21)18(24)16-7-3-8-20-16/h1-3,5-8,20H,4,9-13H2. The first-order valence-corrected chi connectivity index (χ1v) is 8.47. The van der Waals surface area contributed by atoms with E-state index in [4.69, 9.17) is 11.6 Å². The number of hydrogen-bond donors (Lipinski definition) is 1. The lowest BCUT2D eigenvalue weighted by molar-refractivity contribution is -0.130. The number of amides is 2. The smallest absolute Gasteiger partial charge is 0.270 e. The maximum atomic E-state index is 12.5. The summed E-state index contributed by atoms with van der Waals surface area (Å²) in [5.41, 5.74) is 1.43. The molecule has 0 saturated carbocycles. The molecule has 0 bridgehead atoms. The van der Waals surface area contributed by atoms with Crippen molar-refractivity contribution in [1.82, 2.24) is 14.8 Å². The Labute approximate surface area is 146 Å². The average molecular weight is 346 g/mol. The van der Waals surface area contributed by atoms with Crippen molar-refractivity contribution >= 4 is 23.4 Å². The molecule has 1 aliphatic rings. The molecular weight excluding hydrogens is 326 g/mol. The molecule has 2 aromatic rings. The Bertz CT molecular complexity index is 715. The van der Waals surface area contributed by atoms with Gasteiger partial charge in [-0.25, -0.2) is 0 Å². The summed E-state index contributed by atoms with van der Waals surface area (Å²) in [6.45, 7) is 2.42. The van der Waals surface area contributed by atoms with E-state index in [0.29, 0.717) is 43.3 Å².